The number of hydrogen-bond acceptors (Lipinski definition) is 7. The molecule has 1 N–H and O–H groups in total. The van der Waals surface area contributed by atoms with Gasteiger partial charge < -0.3 is 14.6 Å². The van der Waals surface area contributed by atoms with Gasteiger partial charge in [0.2, 0.25) is 0 Å². The first-order chi connectivity index (χ1) is 16.2. The Morgan fingerprint density at radius 2 is 2.03 bits per heavy atom. The number of allylic oxidation sites excluding steroid dienone is 1. The molecule has 0 saturated heterocycles. The van der Waals surface area contributed by atoms with Crippen LogP contribution in [0.2, 0.25) is 0 Å². The molecule has 1 atom stereocenters. The number of halogens is 2. The van der Waals surface area contributed by atoms with Crippen molar-refractivity contribution in [3.05, 3.63) is 86.5 Å². The van der Waals surface area contributed by atoms with Gasteiger partial charge in [-0.3, -0.25) is 9.36 Å². The monoisotopic (exact) mass is 654 g/mol. The number of fused-ring (bicyclic) bond motifs is 1. The zero-order valence-corrected chi connectivity index (χ0v) is 23.0. The van der Waals surface area contributed by atoms with Gasteiger partial charge in [0.15, 0.2) is 16.3 Å². The summed E-state index contributed by atoms with van der Waals surface area (Å²) in [7, 11) is 1.47. The lowest BCUT2D eigenvalue weighted by Gasteiger charge is -2.24. The van der Waals surface area contributed by atoms with Crippen LogP contribution in [0.15, 0.2) is 61.9 Å². The van der Waals surface area contributed by atoms with E-state index >= 15 is 0 Å². The number of aromatic nitrogens is 1. The van der Waals surface area contributed by atoms with Crippen molar-refractivity contribution in [2.45, 2.75) is 19.9 Å². The van der Waals surface area contributed by atoms with E-state index < -0.39 is 12.0 Å². The SMILES string of the molecule is CCOC(=O)C1=C(C)N=c2s/c(=C\c3cc(I)c(O)c(OC)c3)c(=O)n2C1c1ccc(Br)cc1. The average molecular weight is 655 g/mol. The molecule has 1 aromatic heterocycles. The van der Waals surface area contributed by atoms with E-state index in [0.29, 0.717) is 35.5 Å². The molecule has 3 aromatic rings. The van der Waals surface area contributed by atoms with Gasteiger partial charge in [0.1, 0.15) is 0 Å². The summed E-state index contributed by atoms with van der Waals surface area (Å²) >= 11 is 6.69. The topological polar surface area (TPSA) is 90.1 Å². The van der Waals surface area contributed by atoms with E-state index in [9.17, 15) is 14.7 Å². The summed E-state index contributed by atoms with van der Waals surface area (Å²) in [4.78, 5) is 31.6. The first-order valence-corrected chi connectivity index (χ1v) is 13.0. The molecule has 0 radical (unpaired) electrons. The van der Waals surface area contributed by atoms with Crippen molar-refractivity contribution in [2.75, 3.05) is 13.7 Å². The van der Waals surface area contributed by atoms with Crippen LogP contribution in [0.5, 0.6) is 11.5 Å². The van der Waals surface area contributed by atoms with E-state index in [-0.39, 0.29) is 17.9 Å². The molecule has 0 bridgehead atoms. The third-order valence-corrected chi connectivity index (χ3v) is 7.61. The standard InChI is InChI=1S/C24H20BrIN2O5S/c1-4-33-23(31)19-12(2)27-24-28(20(19)14-5-7-15(25)8-6-14)22(30)18(34-24)11-13-9-16(26)21(29)17(10-13)32-3/h5-11,20,29H,4H2,1-3H3/b18-11-. The fraction of sp³-hybridized carbons (Fsp3) is 0.208. The lowest BCUT2D eigenvalue weighted by molar-refractivity contribution is -0.139. The second kappa shape index (κ2) is 10.0. The number of phenols is 1. The van der Waals surface area contributed by atoms with Gasteiger partial charge in [-0.1, -0.05) is 39.4 Å². The van der Waals surface area contributed by atoms with Gasteiger partial charge in [-0.2, -0.15) is 0 Å². The van der Waals surface area contributed by atoms with Crippen LogP contribution in [0, 0.1) is 3.57 Å². The predicted octanol–water partition coefficient (Wildman–Crippen LogP) is 3.88. The molecule has 1 unspecified atom stereocenters. The van der Waals surface area contributed by atoms with Crippen molar-refractivity contribution in [2.24, 2.45) is 4.99 Å². The van der Waals surface area contributed by atoms with Crippen LogP contribution in [-0.4, -0.2) is 29.4 Å². The van der Waals surface area contributed by atoms with E-state index in [1.54, 1.807) is 36.6 Å². The van der Waals surface area contributed by atoms with Gasteiger partial charge in [-0.15, -0.1) is 0 Å². The Balaban J connectivity index is 1.95. The summed E-state index contributed by atoms with van der Waals surface area (Å²) in [5.41, 5.74) is 2.05. The number of aromatic hydroxyl groups is 1. The number of ether oxygens (including phenoxy) is 2. The van der Waals surface area contributed by atoms with Crippen molar-refractivity contribution in [1.29, 1.82) is 0 Å². The molecule has 4 rings (SSSR count). The number of hydrogen-bond donors (Lipinski definition) is 1. The van der Waals surface area contributed by atoms with Gasteiger partial charge in [0.05, 0.1) is 39.1 Å². The Morgan fingerprint density at radius 1 is 1.32 bits per heavy atom. The van der Waals surface area contributed by atoms with E-state index in [1.165, 1.54) is 18.4 Å². The molecule has 7 nitrogen and oxygen atoms in total. The maximum absolute atomic E-state index is 13.6. The number of rotatable bonds is 5. The highest BCUT2D eigenvalue weighted by atomic mass is 127. The van der Waals surface area contributed by atoms with Crippen LogP contribution < -0.4 is 19.6 Å². The fourth-order valence-corrected chi connectivity index (χ4v) is 5.67. The number of thiazole rings is 1. The first-order valence-electron chi connectivity index (χ1n) is 10.3. The Kier molecular flexibility index (Phi) is 7.29. The highest BCUT2D eigenvalue weighted by molar-refractivity contribution is 14.1. The highest BCUT2D eigenvalue weighted by Gasteiger charge is 2.33. The molecule has 0 amide bonds. The van der Waals surface area contributed by atoms with Crippen molar-refractivity contribution >= 4 is 61.9 Å². The molecule has 1 aliphatic heterocycles. The maximum Gasteiger partial charge on any atom is 0.338 e. The number of methoxy groups -OCH3 is 1. The fourth-order valence-electron chi connectivity index (χ4n) is 3.74. The summed E-state index contributed by atoms with van der Waals surface area (Å²) in [6, 6.07) is 10.2. The molecule has 2 heterocycles. The minimum Gasteiger partial charge on any atom is -0.504 e. The van der Waals surface area contributed by atoms with Crippen molar-refractivity contribution < 1.29 is 19.4 Å². The third kappa shape index (κ3) is 4.58. The second-order valence-electron chi connectivity index (χ2n) is 7.41. The lowest BCUT2D eigenvalue weighted by atomic mass is 9.96. The van der Waals surface area contributed by atoms with Crippen molar-refractivity contribution in [1.82, 2.24) is 4.57 Å². The zero-order chi connectivity index (χ0) is 24.6. The minimum atomic E-state index is -0.667. The summed E-state index contributed by atoms with van der Waals surface area (Å²) in [6.45, 7) is 3.71. The van der Waals surface area contributed by atoms with Crippen molar-refractivity contribution in [3.63, 3.8) is 0 Å². The molecule has 0 spiro atoms. The Morgan fingerprint density at radius 3 is 2.68 bits per heavy atom. The molecule has 10 heteroatoms. The normalized spacial score (nSPS) is 15.7. The zero-order valence-electron chi connectivity index (χ0n) is 18.5. The average Bonchev–Trinajstić information content (AvgIpc) is 3.10. The molecular weight excluding hydrogens is 635 g/mol. The number of carbonyl (C=O) groups excluding carboxylic acids is 1. The molecule has 0 aliphatic carbocycles. The summed E-state index contributed by atoms with van der Waals surface area (Å²) in [6.07, 6.45) is 1.73. The van der Waals surface area contributed by atoms with Crippen LogP contribution in [0.3, 0.4) is 0 Å². The Hall–Kier alpha value is -2.44. The molecule has 1 aliphatic rings. The third-order valence-electron chi connectivity index (χ3n) is 5.27. The van der Waals surface area contributed by atoms with Crippen molar-refractivity contribution in [3.8, 4) is 11.5 Å². The number of benzene rings is 2. The van der Waals surface area contributed by atoms with E-state index in [0.717, 1.165) is 10.0 Å². The predicted molar refractivity (Wildman–Crippen MR) is 142 cm³/mol. The summed E-state index contributed by atoms with van der Waals surface area (Å²) in [5.74, 6) is -0.130. The van der Waals surface area contributed by atoms with Crippen LogP contribution in [0.1, 0.15) is 31.0 Å². The Labute approximate surface area is 221 Å². The summed E-state index contributed by atoms with van der Waals surface area (Å²) in [5, 5.41) is 10.1. The Bertz CT molecular complexity index is 1490. The van der Waals surface area contributed by atoms with Crippen LogP contribution >= 0.6 is 49.9 Å². The summed E-state index contributed by atoms with van der Waals surface area (Å²) < 4.78 is 14.0. The molecule has 34 heavy (non-hydrogen) atoms. The first kappa shape index (κ1) is 24.7. The number of phenolic OH excluding ortho intramolecular Hbond substituents is 1. The van der Waals surface area contributed by atoms with Gasteiger partial charge in [0.25, 0.3) is 5.56 Å². The van der Waals surface area contributed by atoms with Gasteiger partial charge in [-0.25, -0.2) is 9.79 Å². The molecule has 0 fully saturated rings. The van der Waals surface area contributed by atoms with E-state index in [4.69, 9.17) is 9.47 Å². The molecule has 2 aromatic carbocycles. The number of esters is 1. The molecule has 176 valence electrons. The second-order valence-corrected chi connectivity index (χ2v) is 10.5. The van der Waals surface area contributed by atoms with Gasteiger partial charge >= 0.3 is 5.97 Å². The van der Waals surface area contributed by atoms with E-state index in [2.05, 4.69) is 20.9 Å². The maximum atomic E-state index is 13.6. The minimum absolute atomic E-state index is 0.0478. The largest absolute Gasteiger partial charge is 0.504 e. The van der Waals surface area contributed by atoms with Crippen LogP contribution in [0.25, 0.3) is 6.08 Å². The number of carbonyl (C=O) groups is 1. The lowest BCUT2D eigenvalue weighted by Crippen LogP contribution is -2.39. The van der Waals surface area contributed by atoms with Gasteiger partial charge in [-0.05, 0) is 77.9 Å². The van der Waals surface area contributed by atoms with Gasteiger partial charge in [0, 0.05) is 4.47 Å². The molecule has 0 saturated carbocycles. The smallest absolute Gasteiger partial charge is 0.338 e. The molecular formula is C24H20BrIN2O5S. The highest BCUT2D eigenvalue weighted by Crippen LogP contribution is 2.33. The van der Waals surface area contributed by atoms with Crippen LogP contribution in [-0.2, 0) is 9.53 Å². The number of nitrogens with zero attached hydrogens (tertiary/aromatic N) is 2. The quantitative estimate of drug-likeness (QED) is 0.333. The van der Waals surface area contributed by atoms with E-state index in [1.807, 2.05) is 46.9 Å². The van der Waals surface area contributed by atoms with Crippen LogP contribution in [0.4, 0.5) is 0 Å².